The van der Waals surface area contributed by atoms with E-state index in [1.54, 1.807) is 7.11 Å². The summed E-state index contributed by atoms with van der Waals surface area (Å²) in [7, 11) is 3.24. The molecule has 0 amide bonds. The van der Waals surface area contributed by atoms with Crippen LogP contribution in [0.25, 0.3) is 0 Å². The summed E-state index contributed by atoms with van der Waals surface area (Å²) in [5, 5.41) is 0. The summed E-state index contributed by atoms with van der Waals surface area (Å²) >= 11 is 0. The topological polar surface area (TPSA) is 38.8 Å². The van der Waals surface area contributed by atoms with E-state index in [-0.39, 0.29) is 11.9 Å². The quantitative estimate of drug-likeness (QED) is 0.800. The van der Waals surface area contributed by atoms with Gasteiger partial charge in [-0.2, -0.15) is 0 Å². The molecular weight excluding hydrogens is 290 g/mol. The van der Waals surface area contributed by atoms with E-state index in [1.807, 2.05) is 6.07 Å². The fourth-order valence-corrected chi connectivity index (χ4v) is 4.42. The first-order valence-electron chi connectivity index (χ1n) is 8.64. The van der Waals surface area contributed by atoms with Crippen molar-refractivity contribution in [3.8, 4) is 5.75 Å². The molecule has 0 bridgehead atoms. The molecule has 0 N–H and O–H groups in total. The Morgan fingerprint density at radius 3 is 2.83 bits per heavy atom. The zero-order valence-electron chi connectivity index (χ0n) is 14.4. The molecule has 0 spiro atoms. The van der Waals surface area contributed by atoms with Crippen LogP contribution in [-0.4, -0.2) is 44.2 Å². The fourth-order valence-electron chi connectivity index (χ4n) is 4.42. The first-order chi connectivity index (χ1) is 11.2. The third kappa shape index (κ3) is 3.09. The second kappa shape index (κ2) is 6.91. The Kier molecular flexibility index (Phi) is 4.90. The lowest BCUT2D eigenvalue weighted by Gasteiger charge is -2.47. The molecule has 3 atom stereocenters. The summed E-state index contributed by atoms with van der Waals surface area (Å²) in [5.74, 6) is 1.44. The fraction of sp³-hybridized carbons (Fsp3) is 0.632. The van der Waals surface area contributed by atoms with E-state index in [2.05, 4.69) is 24.0 Å². The zero-order valence-corrected chi connectivity index (χ0v) is 14.4. The van der Waals surface area contributed by atoms with Crippen LogP contribution in [0.1, 0.15) is 30.9 Å². The van der Waals surface area contributed by atoms with Crippen LogP contribution in [0.15, 0.2) is 18.2 Å². The molecule has 126 valence electrons. The SMILES string of the molecule is CCCN1C[C@@H](C(=O)OC)C[C@@H]2Cc3c(cccc3OC)C[C@H]21. The average molecular weight is 317 g/mol. The molecule has 1 fully saturated rings. The minimum atomic E-state index is -0.0598. The van der Waals surface area contributed by atoms with Crippen LogP contribution < -0.4 is 4.74 Å². The van der Waals surface area contributed by atoms with Gasteiger partial charge < -0.3 is 9.47 Å². The minimum Gasteiger partial charge on any atom is -0.496 e. The van der Waals surface area contributed by atoms with Crippen LogP contribution in [0.5, 0.6) is 5.75 Å². The summed E-state index contributed by atoms with van der Waals surface area (Å²) in [6.07, 6.45) is 4.10. The number of methoxy groups -OCH3 is 2. The van der Waals surface area contributed by atoms with Crippen molar-refractivity contribution in [2.24, 2.45) is 11.8 Å². The monoisotopic (exact) mass is 317 g/mol. The highest BCUT2D eigenvalue weighted by atomic mass is 16.5. The number of nitrogens with zero attached hydrogens (tertiary/aromatic N) is 1. The molecule has 0 aromatic heterocycles. The van der Waals surface area contributed by atoms with Gasteiger partial charge in [-0.1, -0.05) is 19.1 Å². The van der Waals surface area contributed by atoms with Crippen LogP contribution in [0.4, 0.5) is 0 Å². The van der Waals surface area contributed by atoms with Gasteiger partial charge in [0.05, 0.1) is 20.1 Å². The Morgan fingerprint density at radius 1 is 1.30 bits per heavy atom. The number of rotatable bonds is 4. The Balaban J connectivity index is 1.89. The zero-order chi connectivity index (χ0) is 16.4. The Labute approximate surface area is 138 Å². The summed E-state index contributed by atoms with van der Waals surface area (Å²) < 4.78 is 10.6. The van der Waals surface area contributed by atoms with Gasteiger partial charge in [-0.15, -0.1) is 0 Å². The molecule has 1 saturated heterocycles. The lowest BCUT2D eigenvalue weighted by atomic mass is 9.72. The molecule has 1 aromatic rings. The lowest BCUT2D eigenvalue weighted by molar-refractivity contribution is -0.149. The number of carbonyl (C=O) groups is 1. The second-order valence-electron chi connectivity index (χ2n) is 6.78. The second-order valence-corrected chi connectivity index (χ2v) is 6.78. The van der Waals surface area contributed by atoms with Crippen molar-refractivity contribution in [1.29, 1.82) is 0 Å². The molecule has 1 aliphatic heterocycles. The highest BCUT2D eigenvalue weighted by Gasteiger charge is 2.41. The standard InChI is InChI=1S/C19H27NO3/c1-4-8-20-12-15(19(21)23-3)9-14-10-16-13(11-17(14)20)6-5-7-18(16)22-2/h5-7,14-15,17H,4,8-12H2,1-3H3/t14-,15+,17-/m1/s1. The molecule has 2 aliphatic rings. The maximum absolute atomic E-state index is 12.1. The first kappa shape index (κ1) is 16.3. The van der Waals surface area contributed by atoms with Crippen molar-refractivity contribution < 1.29 is 14.3 Å². The molecule has 4 heteroatoms. The van der Waals surface area contributed by atoms with Gasteiger partial charge in [-0.3, -0.25) is 9.69 Å². The molecule has 1 aliphatic carbocycles. The Morgan fingerprint density at radius 2 is 2.13 bits per heavy atom. The van der Waals surface area contributed by atoms with Crippen molar-refractivity contribution in [2.75, 3.05) is 27.3 Å². The lowest BCUT2D eigenvalue weighted by Crippen LogP contribution is -2.53. The van der Waals surface area contributed by atoms with Crippen LogP contribution in [0.3, 0.4) is 0 Å². The third-order valence-corrected chi connectivity index (χ3v) is 5.45. The van der Waals surface area contributed by atoms with Crippen molar-refractivity contribution in [2.45, 2.75) is 38.6 Å². The van der Waals surface area contributed by atoms with Gasteiger partial charge in [0, 0.05) is 12.6 Å². The van der Waals surface area contributed by atoms with E-state index >= 15 is 0 Å². The number of hydrogen-bond acceptors (Lipinski definition) is 4. The number of esters is 1. The van der Waals surface area contributed by atoms with E-state index in [9.17, 15) is 4.79 Å². The molecule has 0 saturated carbocycles. The third-order valence-electron chi connectivity index (χ3n) is 5.45. The van der Waals surface area contributed by atoms with Gasteiger partial charge in [0.2, 0.25) is 0 Å². The average Bonchev–Trinajstić information content (AvgIpc) is 2.59. The van der Waals surface area contributed by atoms with Gasteiger partial charge >= 0.3 is 5.97 Å². The van der Waals surface area contributed by atoms with E-state index in [0.717, 1.165) is 44.5 Å². The van der Waals surface area contributed by atoms with Gasteiger partial charge in [0.15, 0.2) is 0 Å². The summed E-state index contributed by atoms with van der Waals surface area (Å²) in [4.78, 5) is 14.6. The van der Waals surface area contributed by atoms with Crippen LogP contribution in [0.2, 0.25) is 0 Å². The largest absolute Gasteiger partial charge is 0.496 e. The smallest absolute Gasteiger partial charge is 0.309 e. The number of ether oxygens (including phenoxy) is 2. The normalized spacial score (nSPS) is 27.0. The molecule has 0 radical (unpaired) electrons. The van der Waals surface area contributed by atoms with Crippen molar-refractivity contribution in [1.82, 2.24) is 4.90 Å². The molecule has 4 nitrogen and oxygen atoms in total. The predicted octanol–water partition coefficient (Wildman–Crippen LogP) is 2.68. The maximum atomic E-state index is 12.1. The van der Waals surface area contributed by atoms with E-state index in [4.69, 9.17) is 9.47 Å². The number of fused-ring (bicyclic) bond motifs is 2. The number of carbonyl (C=O) groups excluding carboxylic acids is 1. The van der Waals surface area contributed by atoms with Gasteiger partial charge in [0.1, 0.15) is 5.75 Å². The van der Waals surface area contributed by atoms with E-state index in [0.29, 0.717) is 12.0 Å². The predicted molar refractivity (Wildman–Crippen MR) is 89.7 cm³/mol. The summed E-state index contributed by atoms with van der Waals surface area (Å²) in [6, 6.07) is 6.90. The molecule has 1 aromatic carbocycles. The van der Waals surface area contributed by atoms with Crippen LogP contribution in [0, 0.1) is 11.8 Å². The minimum absolute atomic E-state index is 0.00376. The number of benzene rings is 1. The van der Waals surface area contributed by atoms with Crippen molar-refractivity contribution in [3.05, 3.63) is 29.3 Å². The van der Waals surface area contributed by atoms with Crippen molar-refractivity contribution in [3.63, 3.8) is 0 Å². The van der Waals surface area contributed by atoms with Gasteiger partial charge in [-0.25, -0.2) is 0 Å². The van der Waals surface area contributed by atoms with Crippen LogP contribution in [-0.2, 0) is 22.4 Å². The van der Waals surface area contributed by atoms with Gasteiger partial charge in [0.25, 0.3) is 0 Å². The van der Waals surface area contributed by atoms with Crippen molar-refractivity contribution >= 4 is 5.97 Å². The highest BCUT2D eigenvalue weighted by Crippen LogP contribution is 2.40. The summed E-state index contributed by atoms with van der Waals surface area (Å²) in [6.45, 7) is 4.09. The van der Waals surface area contributed by atoms with E-state index in [1.165, 1.54) is 18.2 Å². The number of hydrogen-bond donors (Lipinski definition) is 0. The maximum Gasteiger partial charge on any atom is 0.309 e. The molecular formula is C19H27NO3. The summed E-state index contributed by atoms with van der Waals surface area (Å²) in [5.41, 5.74) is 2.74. The highest BCUT2D eigenvalue weighted by molar-refractivity contribution is 5.72. The molecule has 23 heavy (non-hydrogen) atoms. The first-order valence-corrected chi connectivity index (χ1v) is 8.64. The molecule has 0 unspecified atom stereocenters. The molecule has 1 heterocycles. The van der Waals surface area contributed by atoms with E-state index < -0.39 is 0 Å². The Bertz CT molecular complexity index is 572. The van der Waals surface area contributed by atoms with Crippen LogP contribution >= 0.6 is 0 Å². The Hall–Kier alpha value is -1.55. The van der Waals surface area contributed by atoms with Gasteiger partial charge in [-0.05, 0) is 55.3 Å². The number of likely N-dealkylation sites (tertiary alicyclic amines) is 1. The molecule has 3 rings (SSSR count). The number of piperidine rings is 1.